The first-order valence-electron chi connectivity index (χ1n) is 7.52. The van der Waals surface area contributed by atoms with Crippen LogP contribution in [0.2, 0.25) is 0 Å². The molecule has 0 aliphatic heterocycles. The summed E-state index contributed by atoms with van der Waals surface area (Å²) < 4.78 is 9.69. The molecule has 0 saturated heterocycles. The number of rotatable bonds is 5. The molecule has 0 aliphatic rings. The van der Waals surface area contributed by atoms with E-state index in [0.29, 0.717) is 16.1 Å². The predicted molar refractivity (Wildman–Crippen MR) is 95.2 cm³/mol. The van der Waals surface area contributed by atoms with Crippen molar-refractivity contribution in [2.24, 2.45) is 0 Å². The highest BCUT2D eigenvalue weighted by Crippen LogP contribution is 2.32. The lowest BCUT2D eigenvalue weighted by Crippen LogP contribution is -2.21. The summed E-state index contributed by atoms with van der Waals surface area (Å²) in [5.41, 5.74) is 1.67. The Morgan fingerprint density at radius 3 is 2.38 bits per heavy atom. The molecular weight excluding hydrogens is 356 g/mol. The summed E-state index contributed by atoms with van der Waals surface area (Å²) in [7, 11) is 1.26. The van der Waals surface area contributed by atoms with Crippen LogP contribution in [0.25, 0.3) is 0 Å². The number of benzene rings is 1. The molecule has 0 atom stereocenters. The van der Waals surface area contributed by atoms with Crippen LogP contribution in [0, 0.1) is 25.2 Å². The van der Waals surface area contributed by atoms with Gasteiger partial charge in [0.2, 0.25) is 0 Å². The van der Waals surface area contributed by atoms with E-state index in [2.05, 4.69) is 5.32 Å². The van der Waals surface area contributed by atoms with Crippen molar-refractivity contribution in [2.75, 3.05) is 19.0 Å². The second kappa shape index (κ2) is 8.27. The van der Waals surface area contributed by atoms with Crippen LogP contribution in [0.4, 0.5) is 5.00 Å². The van der Waals surface area contributed by atoms with E-state index in [1.165, 1.54) is 42.7 Å². The zero-order chi connectivity index (χ0) is 19.3. The molecule has 0 unspecified atom stereocenters. The van der Waals surface area contributed by atoms with Crippen LogP contribution in [-0.2, 0) is 14.3 Å². The third-order valence-corrected chi connectivity index (χ3v) is 4.73. The molecule has 0 aliphatic carbocycles. The number of methoxy groups -OCH3 is 1. The highest BCUT2D eigenvalue weighted by Gasteiger charge is 2.22. The van der Waals surface area contributed by atoms with Gasteiger partial charge in [-0.25, -0.2) is 9.59 Å². The molecule has 1 aromatic heterocycles. The SMILES string of the molecule is COC(=O)c1c(NC(=O)COC(=O)c2ccc(C#N)cc2)sc(C)c1C. The smallest absolute Gasteiger partial charge is 0.341 e. The predicted octanol–water partition coefficient (Wildman–Crippen LogP) is 2.82. The number of aryl methyl sites for hydroxylation is 1. The monoisotopic (exact) mass is 372 g/mol. The topological polar surface area (TPSA) is 105 Å². The first-order chi connectivity index (χ1) is 12.4. The summed E-state index contributed by atoms with van der Waals surface area (Å²) >= 11 is 1.24. The Labute approximate surface area is 154 Å². The van der Waals surface area contributed by atoms with Crippen LogP contribution in [-0.4, -0.2) is 31.6 Å². The molecule has 0 spiro atoms. The number of nitriles is 1. The molecule has 0 radical (unpaired) electrons. The maximum Gasteiger partial charge on any atom is 0.341 e. The highest BCUT2D eigenvalue weighted by atomic mass is 32.1. The van der Waals surface area contributed by atoms with E-state index >= 15 is 0 Å². The Morgan fingerprint density at radius 2 is 1.81 bits per heavy atom. The van der Waals surface area contributed by atoms with Crippen molar-refractivity contribution in [1.29, 1.82) is 5.26 Å². The molecule has 2 aromatic rings. The first kappa shape index (κ1) is 19.1. The van der Waals surface area contributed by atoms with E-state index in [-0.39, 0.29) is 5.56 Å². The molecule has 8 heteroatoms. The van der Waals surface area contributed by atoms with Crippen molar-refractivity contribution in [2.45, 2.75) is 13.8 Å². The fourth-order valence-electron chi connectivity index (χ4n) is 2.12. The van der Waals surface area contributed by atoms with Gasteiger partial charge in [0.25, 0.3) is 5.91 Å². The van der Waals surface area contributed by atoms with Gasteiger partial charge in [-0.1, -0.05) is 0 Å². The number of carbonyl (C=O) groups excluding carboxylic acids is 3. The summed E-state index contributed by atoms with van der Waals surface area (Å²) in [6, 6.07) is 7.80. The van der Waals surface area contributed by atoms with Crippen LogP contribution < -0.4 is 5.32 Å². The second-order valence-electron chi connectivity index (χ2n) is 5.29. The van der Waals surface area contributed by atoms with Crippen molar-refractivity contribution in [1.82, 2.24) is 0 Å². The average molecular weight is 372 g/mol. The van der Waals surface area contributed by atoms with Gasteiger partial charge in [-0.05, 0) is 43.7 Å². The Morgan fingerprint density at radius 1 is 1.15 bits per heavy atom. The van der Waals surface area contributed by atoms with Crippen LogP contribution in [0.1, 0.15) is 36.7 Å². The van der Waals surface area contributed by atoms with Crippen molar-refractivity contribution in [3.63, 3.8) is 0 Å². The Bertz CT molecular complexity index is 894. The lowest BCUT2D eigenvalue weighted by molar-refractivity contribution is -0.119. The first-order valence-corrected chi connectivity index (χ1v) is 8.34. The molecule has 7 nitrogen and oxygen atoms in total. The van der Waals surface area contributed by atoms with Crippen molar-refractivity contribution < 1.29 is 23.9 Å². The van der Waals surface area contributed by atoms with Crippen LogP contribution in [0.5, 0.6) is 0 Å². The lowest BCUT2D eigenvalue weighted by atomic mass is 10.1. The zero-order valence-electron chi connectivity index (χ0n) is 14.4. The molecule has 0 bridgehead atoms. The minimum atomic E-state index is -0.684. The number of hydrogen-bond donors (Lipinski definition) is 1. The van der Waals surface area contributed by atoms with Gasteiger partial charge < -0.3 is 14.8 Å². The van der Waals surface area contributed by atoms with Crippen molar-refractivity contribution >= 4 is 34.2 Å². The largest absolute Gasteiger partial charge is 0.465 e. The molecule has 134 valence electrons. The summed E-state index contributed by atoms with van der Waals surface area (Å²) in [4.78, 5) is 36.7. The summed E-state index contributed by atoms with van der Waals surface area (Å²) in [5, 5.41) is 11.7. The fraction of sp³-hybridized carbons (Fsp3) is 0.222. The number of ether oxygens (including phenoxy) is 2. The van der Waals surface area contributed by atoms with Crippen LogP contribution in [0.3, 0.4) is 0 Å². The van der Waals surface area contributed by atoms with Crippen molar-refractivity contribution in [3.05, 3.63) is 51.4 Å². The molecule has 1 aromatic carbocycles. The number of nitrogens with one attached hydrogen (secondary N) is 1. The molecule has 2 rings (SSSR count). The number of carbonyl (C=O) groups is 3. The average Bonchev–Trinajstić information content (AvgIpc) is 2.92. The highest BCUT2D eigenvalue weighted by molar-refractivity contribution is 7.16. The van der Waals surface area contributed by atoms with Gasteiger partial charge in [-0.2, -0.15) is 5.26 Å². The van der Waals surface area contributed by atoms with Gasteiger partial charge in [-0.3, -0.25) is 4.79 Å². The molecule has 1 N–H and O–H groups in total. The van der Waals surface area contributed by atoms with Crippen molar-refractivity contribution in [3.8, 4) is 6.07 Å². The van der Waals surface area contributed by atoms with E-state index in [1.54, 1.807) is 6.92 Å². The van der Waals surface area contributed by atoms with E-state index in [1.807, 2.05) is 13.0 Å². The van der Waals surface area contributed by atoms with Crippen LogP contribution >= 0.6 is 11.3 Å². The Hall–Kier alpha value is -3.18. The maximum atomic E-state index is 12.1. The quantitative estimate of drug-likeness (QED) is 0.809. The summed E-state index contributed by atoms with van der Waals surface area (Å²) in [5.74, 6) is -1.80. The Kier molecular flexibility index (Phi) is 6.09. The number of hydrogen-bond acceptors (Lipinski definition) is 7. The van der Waals surface area contributed by atoms with E-state index < -0.39 is 24.5 Å². The molecule has 0 fully saturated rings. The third-order valence-electron chi connectivity index (χ3n) is 3.61. The second-order valence-corrected chi connectivity index (χ2v) is 6.52. The summed E-state index contributed by atoms with van der Waals surface area (Å²) in [6.07, 6.45) is 0. The molecule has 1 heterocycles. The Balaban J connectivity index is 2.01. The van der Waals surface area contributed by atoms with Gasteiger partial charge in [0.1, 0.15) is 5.00 Å². The van der Waals surface area contributed by atoms with Gasteiger partial charge in [0.15, 0.2) is 6.61 Å². The zero-order valence-corrected chi connectivity index (χ0v) is 15.2. The van der Waals surface area contributed by atoms with E-state index in [4.69, 9.17) is 14.7 Å². The molecule has 0 saturated carbocycles. The standard InChI is InChI=1S/C18H16N2O5S/c1-10-11(2)26-16(15(10)18(23)24-3)20-14(21)9-25-17(22)13-6-4-12(8-19)5-7-13/h4-7H,9H2,1-3H3,(H,20,21). The lowest BCUT2D eigenvalue weighted by Gasteiger charge is -2.07. The number of thiophene rings is 1. The molecule has 1 amide bonds. The minimum absolute atomic E-state index is 0.231. The number of anilines is 1. The van der Waals surface area contributed by atoms with Gasteiger partial charge >= 0.3 is 11.9 Å². The maximum absolute atomic E-state index is 12.1. The minimum Gasteiger partial charge on any atom is -0.465 e. The number of esters is 2. The van der Waals surface area contributed by atoms with E-state index in [9.17, 15) is 14.4 Å². The fourth-order valence-corrected chi connectivity index (χ4v) is 3.19. The summed E-state index contributed by atoms with van der Waals surface area (Å²) in [6.45, 7) is 3.08. The molecular formula is C18H16N2O5S. The van der Waals surface area contributed by atoms with Crippen LogP contribution in [0.15, 0.2) is 24.3 Å². The normalized spacial score (nSPS) is 9.92. The molecule has 26 heavy (non-hydrogen) atoms. The third kappa shape index (κ3) is 4.26. The van der Waals surface area contributed by atoms with Gasteiger partial charge in [0.05, 0.1) is 29.9 Å². The van der Waals surface area contributed by atoms with Gasteiger partial charge in [-0.15, -0.1) is 11.3 Å². The van der Waals surface area contributed by atoms with Gasteiger partial charge in [0, 0.05) is 4.88 Å². The van der Waals surface area contributed by atoms with E-state index in [0.717, 1.165) is 10.4 Å². The number of amides is 1. The number of nitrogens with zero attached hydrogens (tertiary/aromatic N) is 1.